The van der Waals surface area contributed by atoms with E-state index < -0.39 is 6.10 Å². The predicted octanol–water partition coefficient (Wildman–Crippen LogP) is 3.40. The van der Waals surface area contributed by atoms with E-state index in [4.69, 9.17) is 0 Å². The Morgan fingerprint density at radius 1 is 1.17 bits per heavy atom. The van der Waals surface area contributed by atoms with Gasteiger partial charge in [0.25, 0.3) is 0 Å². The summed E-state index contributed by atoms with van der Waals surface area (Å²) in [7, 11) is 0. The number of allylic oxidation sites excluding steroid dienone is 6. The van der Waals surface area contributed by atoms with E-state index in [1.807, 2.05) is 19.1 Å². The number of hydrogen-bond acceptors (Lipinski definition) is 1. The van der Waals surface area contributed by atoms with E-state index in [-0.39, 0.29) is 0 Å². The third-order valence-electron chi connectivity index (χ3n) is 1.99. The average Bonchev–Trinajstić information content (AvgIpc) is 2.37. The Bertz CT molecular complexity index is 416. The smallest absolute Gasteiger partial charge is 0.0724 e. The van der Waals surface area contributed by atoms with E-state index in [2.05, 4.69) is 30.3 Å². The third kappa shape index (κ3) is 12.1. The van der Waals surface area contributed by atoms with Crippen LogP contribution in [0.3, 0.4) is 0 Å². The van der Waals surface area contributed by atoms with Crippen LogP contribution in [0.4, 0.5) is 0 Å². The first-order valence-electron chi connectivity index (χ1n) is 6.05. The lowest BCUT2D eigenvalue weighted by molar-refractivity contribution is 0.210. The average molecular weight is 240 g/mol. The fourth-order valence-corrected chi connectivity index (χ4v) is 1.10. The molecule has 0 unspecified atom stereocenters. The quantitative estimate of drug-likeness (QED) is 0.326. The van der Waals surface area contributed by atoms with Gasteiger partial charge in [0, 0.05) is 0 Å². The molecule has 0 aliphatic heterocycles. The van der Waals surface area contributed by atoms with Crippen molar-refractivity contribution in [3.05, 3.63) is 49.1 Å². The third-order valence-corrected chi connectivity index (χ3v) is 1.99. The number of aliphatic hydroxyl groups excluding tert-OH is 1. The van der Waals surface area contributed by atoms with E-state index in [1.54, 1.807) is 30.4 Å². The molecule has 0 bridgehead atoms. The molecule has 0 aliphatic carbocycles. The molecular weight excluding hydrogens is 220 g/mol. The zero-order valence-corrected chi connectivity index (χ0v) is 10.9. The molecular formula is C17H20O. The molecule has 94 valence electrons. The standard InChI is InChI=1S/C17H20O/c1-3-5-7-8-9-10-11-12-14-16-17(18)15-13-6-4-2/h3-5,11-12,14,16-18H,2,6,13,15H2,1H3/b5-3+,12-11+,16-14+/t17-/m1/s1. The van der Waals surface area contributed by atoms with E-state index in [0.717, 1.165) is 19.3 Å². The molecule has 18 heavy (non-hydrogen) atoms. The van der Waals surface area contributed by atoms with Crippen LogP contribution >= 0.6 is 0 Å². The minimum Gasteiger partial charge on any atom is -0.389 e. The van der Waals surface area contributed by atoms with Crippen LogP contribution < -0.4 is 0 Å². The molecule has 0 aromatic rings. The summed E-state index contributed by atoms with van der Waals surface area (Å²) in [5.74, 6) is 10.9. The summed E-state index contributed by atoms with van der Waals surface area (Å²) in [5.41, 5.74) is 0. The van der Waals surface area contributed by atoms with Crippen LogP contribution in [-0.4, -0.2) is 11.2 Å². The zero-order chi connectivity index (χ0) is 13.5. The summed E-state index contributed by atoms with van der Waals surface area (Å²) in [5, 5.41) is 9.55. The second-order valence-corrected chi connectivity index (χ2v) is 3.57. The van der Waals surface area contributed by atoms with Crippen molar-refractivity contribution >= 4 is 0 Å². The highest BCUT2D eigenvalue weighted by Crippen LogP contribution is 2.02. The Hall–Kier alpha value is -1.96. The summed E-state index contributed by atoms with van der Waals surface area (Å²) in [6, 6.07) is 0. The Balaban J connectivity index is 3.87. The SMILES string of the molecule is C=CCCC[C@@H](O)/C=C/C=C/C#CC#C/C=C/C. The second kappa shape index (κ2) is 13.1. The summed E-state index contributed by atoms with van der Waals surface area (Å²) in [4.78, 5) is 0. The molecule has 1 atom stereocenters. The van der Waals surface area contributed by atoms with Crippen LogP contribution in [-0.2, 0) is 0 Å². The lowest BCUT2D eigenvalue weighted by Crippen LogP contribution is -2.00. The van der Waals surface area contributed by atoms with Gasteiger partial charge < -0.3 is 5.11 Å². The highest BCUT2D eigenvalue weighted by Gasteiger charge is 1.95. The van der Waals surface area contributed by atoms with Crippen molar-refractivity contribution in [2.24, 2.45) is 0 Å². The van der Waals surface area contributed by atoms with Crippen LogP contribution in [0.5, 0.6) is 0 Å². The molecule has 1 N–H and O–H groups in total. The second-order valence-electron chi connectivity index (χ2n) is 3.57. The van der Waals surface area contributed by atoms with Crippen molar-refractivity contribution in [2.75, 3.05) is 0 Å². The van der Waals surface area contributed by atoms with Crippen molar-refractivity contribution in [3.63, 3.8) is 0 Å². The Morgan fingerprint density at radius 3 is 2.56 bits per heavy atom. The van der Waals surface area contributed by atoms with Gasteiger partial charge in [0.05, 0.1) is 6.10 Å². The van der Waals surface area contributed by atoms with E-state index in [1.165, 1.54) is 0 Å². The van der Waals surface area contributed by atoms with Gasteiger partial charge in [-0.3, -0.25) is 0 Å². The van der Waals surface area contributed by atoms with Gasteiger partial charge in [0.1, 0.15) is 0 Å². The van der Waals surface area contributed by atoms with Crippen LogP contribution in [0, 0.1) is 23.7 Å². The molecule has 0 spiro atoms. The van der Waals surface area contributed by atoms with Gasteiger partial charge in [0.2, 0.25) is 0 Å². The minimum absolute atomic E-state index is 0.392. The molecule has 0 saturated heterocycles. The molecule has 0 rings (SSSR count). The van der Waals surface area contributed by atoms with Gasteiger partial charge in [-0.15, -0.1) is 6.58 Å². The minimum atomic E-state index is -0.392. The molecule has 0 saturated carbocycles. The molecule has 0 aromatic heterocycles. The van der Waals surface area contributed by atoms with Crippen molar-refractivity contribution in [1.29, 1.82) is 0 Å². The number of unbranched alkanes of at least 4 members (excludes halogenated alkanes) is 1. The van der Waals surface area contributed by atoms with E-state index >= 15 is 0 Å². The highest BCUT2D eigenvalue weighted by molar-refractivity contribution is 5.34. The largest absolute Gasteiger partial charge is 0.389 e. The first-order chi connectivity index (χ1) is 8.81. The summed E-state index contributed by atoms with van der Waals surface area (Å²) in [6.07, 6.45) is 14.8. The molecule has 1 nitrogen and oxygen atoms in total. The summed E-state index contributed by atoms with van der Waals surface area (Å²) < 4.78 is 0. The Morgan fingerprint density at radius 2 is 1.89 bits per heavy atom. The molecule has 1 heteroatoms. The molecule has 0 radical (unpaired) electrons. The maximum atomic E-state index is 9.55. The van der Waals surface area contributed by atoms with Gasteiger partial charge in [-0.05, 0) is 50.2 Å². The van der Waals surface area contributed by atoms with Crippen molar-refractivity contribution in [1.82, 2.24) is 0 Å². The highest BCUT2D eigenvalue weighted by atomic mass is 16.3. The number of rotatable bonds is 6. The molecule has 0 fully saturated rings. The Kier molecular flexibility index (Phi) is 11.7. The predicted molar refractivity (Wildman–Crippen MR) is 78.7 cm³/mol. The molecule has 0 aliphatic rings. The first kappa shape index (κ1) is 16.0. The van der Waals surface area contributed by atoms with Crippen molar-refractivity contribution < 1.29 is 5.11 Å². The Labute approximate surface area is 111 Å². The van der Waals surface area contributed by atoms with Gasteiger partial charge in [-0.1, -0.05) is 42.2 Å². The zero-order valence-electron chi connectivity index (χ0n) is 10.9. The first-order valence-corrected chi connectivity index (χ1v) is 6.05. The lowest BCUT2D eigenvalue weighted by Gasteiger charge is -2.01. The number of hydrogen-bond donors (Lipinski definition) is 1. The maximum absolute atomic E-state index is 9.55. The van der Waals surface area contributed by atoms with Crippen LogP contribution in [0.15, 0.2) is 49.1 Å². The normalized spacial score (nSPS) is 12.1. The number of aliphatic hydroxyl groups is 1. The van der Waals surface area contributed by atoms with E-state index in [0.29, 0.717) is 0 Å². The maximum Gasteiger partial charge on any atom is 0.0724 e. The molecule has 0 amide bonds. The van der Waals surface area contributed by atoms with Crippen LogP contribution in [0.25, 0.3) is 0 Å². The molecule has 0 heterocycles. The fourth-order valence-electron chi connectivity index (χ4n) is 1.10. The van der Waals surface area contributed by atoms with Gasteiger partial charge in [-0.25, -0.2) is 0 Å². The fraction of sp³-hybridized carbons (Fsp3) is 0.294. The van der Waals surface area contributed by atoms with Crippen molar-refractivity contribution in [3.8, 4) is 23.7 Å². The van der Waals surface area contributed by atoms with Gasteiger partial charge in [-0.2, -0.15) is 0 Å². The van der Waals surface area contributed by atoms with Crippen LogP contribution in [0.1, 0.15) is 26.2 Å². The lowest BCUT2D eigenvalue weighted by atomic mass is 10.1. The van der Waals surface area contributed by atoms with Crippen LogP contribution in [0.2, 0.25) is 0 Å². The monoisotopic (exact) mass is 240 g/mol. The van der Waals surface area contributed by atoms with Crippen molar-refractivity contribution in [2.45, 2.75) is 32.3 Å². The summed E-state index contributed by atoms with van der Waals surface area (Å²) in [6.45, 7) is 5.55. The van der Waals surface area contributed by atoms with Gasteiger partial charge in [0.15, 0.2) is 0 Å². The topological polar surface area (TPSA) is 20.2 Å². The molecule has 0 aromatic carbocycles. The van der Waals surface area contributed by atoms with Gasteiger partial charge >= 0.3 is 0 Å². The summed E-state index contributed by atoms with van der Waals surface area (Å²) >= 11 is 0. The van der Waals surface area contributed by atoms with E-state index in [9.17, 15) is 5.11 Å².